The Labute approximate surface area is 200 Å². The average Bonchev–Trinajstić information content (AvgIpc) is 3.11. The van der Waals surface area contributed by atoms with E-state index in [0.29, 0.717) is 17.8 Å². The zero-order valence-corrected chi connectivity index (χ0v) is 18.9. The number of hydrogen-bond acceptors (Lipinski definition) is 5. The van der Waals surface area contributed by atoms with Crippen molar-refractivity contribution in [2.45, 2.75) is 6.54 Å². The van der Waals surface area contributed by atoms with Crippen LogP contribution in [0.5, 0.6) is 0 Å². The molecule has 4 rings (SSSR count). The highest BCUT2D eigenvalue weighted by Crippen LogP contribution is 2.32. The van der Waals surface area contributed by atoms with Crippen molar-refractivity contribution in [3.05, 3.63) is 107 Å². The Morgan fingerprint density at radius 1 is 0.853 bits per heavy atom. The van der Waals surface area contributed by atoms with Gasteiger partial charge in [-0.2, -0.15) is 0 Å². The molecule has 0 radical (unpaired) electrons. The van der Waals surface area contributed by atoms with Gasteiger partial charge in [0.2, 0.25) is 5.91 Å². The third-order valence-electron chi connectivity index (χ3n) is 5.00. The topological polar surface area (TPSA) is 95.6 Å². The SMILES string of the molecule is O=C(CN1C(=O)S/C(=C/c2ccccc2)C1=O)Nc1ccc(C(=O)NCc2ccccc2)cc1. The molecule has 2 N–H and O–H groups in total. The summed E-state index contributed by atoms with van der Waals surface area (Å²) in [7, 11) is 0. The average molecular weight is 472 g/mol. The van der Waals surface area contributed by atoms with Crippen molar-refractivity contribution >= 4 is 46.5 Å². The van der Waals surface area contributed by atoms with Gasteiger partial charge in [-0.05, 0) is 53.2 Å². The van der Waals surface area contributed by atoms with E-state index in [9.17, 15) is 19.2 Å². The van der Waals surface area contributed by atoms with Crippen LogP contribution in [0.4, 0.5) is 10.5 Å². The molecule has 4 amide bonds. The summed E-state index contributed by atoms with van der Waals surface area (Å²) in [6.45, 7) is 0.0187. The molecule has 1 aliphatic rings. The van der Waals surface area contributed by atoms with Gasteiger partial charge in [0, 0.05) is 17.8 Å². The van der Waals surface area contributed by atoms with Gasteiger partial charge in [0.15, 0.2) is 0 Å². The van der Waals surface area contributed by atoms with E-state index >= 15 is 0 Å². The summed E-state index contributed by atoms with van der Waals surface area (Å²) in [6.07, 6.45) is 1.63. The normalized spacial score (nSPS) is 14.4. The molecule has 170 valence electrons. The Bertz CT molecular complexity index is 1240. The van der Waals surface area contributed by atoms with Crippen molar-refractivity contribution in [1.29, 1.82) is 0 Å². The van der Waals surface area contributed by atoms with Crippen LogP contribution < -0.4 is 10.6 Å². The number of nitrogens with zero attached hydrogens (tertiary/aromatic N) is 1. The molecule has 0 bridgehead atoms. The molecular formula is C26H21N3O4S. The Balaban J connectivity index is 1.31. The van der Waals surface area contributed by atoms with Crippen molar-refractivity contribution in [2.24, 2.45) is 0 Å². The largest absolute Gasteiger partial charge is 0.348 e. The van der Waals surface area contributed by atoms with Gasteiger partial charge in [0.1, 0.15) is 6.54 Å². The molecule has 1 saturated heterocycles. The first-order chi connectivity index (χ1) is 16.5. The Morgan fingerprint density at radius 3 is 2.18 bits per heavy atom. The first-order valence-corrected chi connectivity index (χ1v) is 11.3. The quantitative estimate of drug-likeness (QED) is 0.501. The lowest BCUT2D eigenvalue weighted by Crippen LogP contribution is -2.36. The van der Waals surface area contributed by atoms with Crippen LogP contribution in [0.2, 0.25) is 0 Å². The van der Waals surface area contributed by atoms with E-state index in [0.717, 1.165) is 27.8 Å². The summed E-state index contributed by atoms with van der Waals surface area (Å²) < 4.78 is 0. The fourth-order valence-corrected chi connectivity index (χ4v) is 4.10. The second-order valence-electron chi connectivity index (χ2n) is 7.47. The molecule has 0 atom stereocenters. The van der Waals surface area contributed by atoms with Crippen LogP contribution in [-0.2, 0) is 16.1 Å². The number of nitrogens with one attached hydrogen (secondary N) is 2. The van der Waals surface area contributed by atoms with Gasteiger partial charge in [-0.1, -0.05) is 60.7 Å². The van der Waals surface area contributed by atoms with Crippen LogP contribution >= 0.6 is 11.8 Å². The molecule has 34 heavy (non-hydrogen) atoms. The van der Waals surface area contributed by atoms with Crippen LogP contribution in [-0.4, -0.2) is 34.4 Å². The van der Waals surface area contributed by atoms with Gasteiger partial charge < -0.3 is 10.6 Å². The van der Waals surface area contributed by atoms with Gasteiger partial charge in [-0.25, -0.2) is 0 Å². The maximum atomic E-state index is 12.6. The minimum absolute atomic E-state index is 0.232. The lowest BCUT2D eigenvalue weighted by molar-refractivity contribution is -0.127. The Morgan fingerprint density at radius 2 is 1.50 bits per heavy atom. The number of anilines is 1. The van der Waals surface area contributed by atoms with E-state index in [2.05, 4.69) is 10.6 Å². The van der Waals surface area contributed by atoms with Gasteiger partial charge in [0.25, 0.3) is 17.1 Å². The van der Waals surface area contributed by atoms with Gasteiger partial charge in [0.05, 0.1) is 4.91 Å². The summed E-state index contributed by atoms with van der Waals surface area (Å²) >= 11 is 0.807. The molecule has 1 fully saturated rings. The van der Waals surface area contributed by atoms with Crippen LogP contribution in [0.15, 0.2) is 89.8 Å². The highest BCUT2D eigenvalue weighted by molar-refractivity contribution is 8.18. The van der Waals surface area contributed by atoms with Gasteiger partial charge in [-0.3, -0.25) is 24.1 Å². The van der Waals surface area contributed by atoms with E-state index in [-0.39, 0.29) is 10.8 Å². The maximum Gasteiger partial charge on any atom is 0.294 e. The fourth-order valence-electron chi connectivity index (χ4n) is 3.27. The first-order valence-electron chi connectivity index (χ1n) is 10.5. The summed E-state index contributed by atoms with van der Waals surface area (Å²) in [5.74, 6) is -1.24. The number of imide groups is 1. The number of rotatable bonds is 7. The molecule has 8 heteroatoms. The number of hydrogen-bond donors (Lipinski definition) is 2. The van der Waals surface area contributed by atoms with E-state index < -0.39 is 23.6 Å². The van der Waals surface area contributed by atoms with Crippen LogP contribution in [0.3, 0.4) is 0 Å². The molecule has 0 saturated carbocycles. The first kappa shape index (κ1) is 23.0. The van der Waals surface area contributed by atoms with Crippen LogP contribution in [0.25, 0.3) is 6.08 Å². The minimum atomic E-state index is -0.510. The molecule has 0 aromatic heterocycles. The number of amides is 4. The van der Waals surface area contributed by atoms with E-state index in [1.165, 1.54) is 0 Å². The second-order valence-corrected chi connectivity index (χ2v) is 8.47. The molecule has 3 aromatic carbocycles. The lowest BCUT2D eigenvalue weighted by Gasteiger charge is -2.12. The maximum absolute atomic E-state index is 12.6. The highest BCUT2D eigenvalue weighted by Gasteiger charge is 2.36. The van der Waals surface area contributed by atoms with E-state index in [4.69, 9.17) is 0 Å². The molecule has 1 heterocycles. The standard InChI is InChI=1S/C26H21N3O4S/c30-23(17-29-25(32)22(34-26(29)33)15-18-7-3-1-4-8-18)28-21-13-11-20(12-14-21)24(31)27-16-19-9-5-2-6-10-19/h1-15H,16-17H2,(H,27,31)(H,28,30)/b22-15+. The van der Waals surface area contributed by atoms with Crippen molar-refractivity contribution < 1.29 is 19.2 Å². The monoisotopic (exact) mass is 471 g/mol. The number of thioether (sulfide) groups is 1. The molecule has 3 aromatic rings. The van der Waals surface area contributed by atoms with Crippen molar-refractivity contribution in [3.63, 3.8) is 0 Å². The van der Waals surface area contributed by atoms with Crippen molar-refractivity contribution in [1.82, 2.24) is 10.2 Å². The summed E-state index contributed by atoms with van der Waals surface area (Å²) in [5.41, 5.74) is 2.69. The zero-order chi connectivity index (χ0) is 23.9. The summed E-state index contributed by atoms with van der Waals surface area (Å²) in [6, 6.07) is 25.1. The third kappa shape index (κ3) is 5.79. The lowest BCUT2D eigenvalue weighted by atomic mass is 10.1. The molecule has 0 aliphatic carbocycles. The smallest absolute Gasteiger partial charge is 0.294 e. The van der Waals surface area contributed by atoms with Crippen molar-refractivity contribution in [2.75, 3.05) is 11.9 Å². The fraction of sp³-hybridized carbons (Fsp3) is 0.0769. The molecule has 7 nitrogen and oxygen atoms in total. The van der Waals surface area contributed by atoms with Gasteiger partial charge in [-0.15, -0.1) is 0 Å². The summed E-state index contributed by atoms with van der Waals surface area (Å²) in [5, 5.41) is 5.00. The minimum Gasteiger partial charge on any atom is -0.348 e. The predicted molar refractivity (Wildman–Crippen MR) is 132 cm³/mol. The van der Waals surface area contributed by atoms with Crippen LogP contribution in [0, 0.1) is 0 Å². The number of benzene rings is 3. The molecule has 0 unspecified atom stereocenters. The van der Waals surface area contributed by atoms with Gasteiger partial charge >= 0.3 is 0 Å². The second kappa shape index (κ2) is 10.6. The number of carbonyl (C=O) groups is 4. The summed E-state index contributed by atoms with van der Waals surface area (Å²) in [4.78, 5) is 50.8. The Kier molecular flexibility index (Phi) is 7.19. The van der Waals surface area contributed by atoms with E-state index in [1.807, 2.05) is 60.7 Å². The van der Waals surface area contributed by atoms with Crippen LogP contribution in [0.1, 0.15) is 21.5 Å². The van der Waals surface area contributed by atoms with E-state index in [1.54, 1.807) is 30.3 Å². The Hall–Kier alpha value is -4.17. The zero-order valence-electron chi connectivity index (χ0n) is 18.1. The molecule has 0 spiro atoms. The predicted octanol–water partition coefficient (Wildman–Crippen LogP) is 4.29. The molecular weight excluding hydrogens is 450 g/mol. The van der Waals surface area contributed by atoms with Crippen molar-refractivity contribution in [3.8, 4) is 0 Å². The third-order valence-corrected chi connectivity index (χ3v) is 5.91. The number of carbonyl (C=O) groups excluding carboxylic acids is 4. The molecule has 1 aliphatic heterocycles. The highest BCUT2D eigenvalue weighted by atomic mass is 32.2.